The van der Waals surface area contributed by atoms with Crippen molar-refractivity contribution in [2.75, 3.05) is 6.61 Å². The number of phenols is 12. The molecule has 24 nitrogen and oxygen atoms in total. The average molecular weight is 955 g/mol. The Kier molecular flexibility index (Phi) is 9.50. The van der Waals surface area contributed by atoms with Crippen molar-refractivity contribution in [3.8, 4) is 97.0 Å². The van der Waals surface area contributed by atoms with Crippen molar-refractivity contribution in [3.05, 3.63) is 73.1 Å². The number of phenolic OH excluding ortho intramolecular Hbond substituents is 12. The number of benzene rings is 6. The van der Waals surface area contributed by atoms with Gasteiger partial charge in [0.25, 0.3) is 0 Å². The van der Waals surface area contributed by atoms with Crippen LogP contribution in [0.3, 0.4) is 0 Å². The van der Waals surface area contributed by atoms with Crippen LogP contribution < -0.4 is 21.0 Å². The molecule has 1 aliphatic heterocycles. The van der Waals surface area contributed by atoms with E-state index in [-0.39, 0.29) is 0 Å². The third-order valence-corrected chi connectivity index (χ3v) is 11.8. The number of aliphatic hydroxyl groups excluding tert-OH is 4. The van der Waals surface area contributed by atoms with Gasteiger partial charge in [-0.3, -0.25) is 14.4 Å². The minimum atomic E-state index is -2.19. The van der Waals surface area contributed by atoms with Crippen molar-refractivity contribution in [1.29, 1.82) is 0 Å². The molecule has 4 heterocycles. The summed E-state index contributed by atoms with van der Waals surface area (Å²) in [7, 11) is 0. The van der Waals surface area contributed by atoms with Crippen molar-refractivity contribution < 1.29 is 104 Å². The van der Waals surface area contributed by atoms with Gasteiger partial charge in [0, 0.05) is 35.4 Å². The van der Waals surface area contributed by atoms with Gasteiger partial charge in [-0.05, 0) is 18.2 Å². The van der Waals surface area contributed by atoms with Gasteiger partial charge in [0.1, 0.15) is 103 Å². The molecule has 1 aliphatic rings. The van der Waals surface area contributed by atoms with E-state index in [4.69, 9.17) is 22.7 Å². The molecule has 24 heteroatoms. The Morgan fingerprint density at radius 3 is 1.61 bits per heavy atom. The maximum atomic E-state index is 14.6. The quantitative estimate of drug-likeness (QED) is 0.0669. The first-order valence-electron chi connectivity index (χ1n) is 19.8. The Morgan fingerprint density at radius 1 is 0.449 bits per heavy atom. The second-order valence-corrected chi connectivity index (χ2v) is 15.9. The number of hydrogen-bond donors (Lipinski definition) is 16. The molecule has 0 bridgehead atoms. The van der Waals surface area contributed by atoms with Crippen molar-refractivity contribution in [1.82, 2.24) is 0 Å². The predicted octanol–water partition coefficient (Wildman–Crippen LogP) is 2.45. The Balaban J connectivity index is 1.25. The lowest BCUT2D eigenvalue weighted by Crippen LogP contribution is -2.60. The van der Waals surface area contributed by atoms with E-state index < -0.39 is 216 Å². The van der Waals surface area contributed by atoms with Gasteiger partial charge in [0.15, 0.2) is 51.2 Å². The van der Waals surface area contributed by atoms with Crippen LogP contribution in [0.1, 0.15) is 0 Å². The number of aromatic hydroxyl groups is 12. The largest absolute Gasteiger partial charge is 0.508 e. The molecule has 3 aromatic heterocycles. The first-order valence-corrected chi connectivity index (χ1v) is 19.8. The van der Waals surface area contributed by atoms with E-state index in [0.717, 1.165) is 24.3 Å². The van der Waals surface area contributed by atoms with Gasteiger partial charge < -0.3 is 104 Å². The van der Waals surface area contributed by atoms with E-state index in [1.807, 2.05) is 0 Å². The Hall–Kier alpha value is -9.07. The molecule has 0 saturated carbocycles. The summed E-state index contributed by atoms with van der Waals surface area (Å²) in [4.78, 5) is 42.4. The van der Waals surface area contributed by atoms with Gasteiger partial charge in [-0.2, -0.15) is 0 Å². The lowest BCUT2D eigenvalue weighted by Gasteiger charge is -2.39. The third kappa shape index (κ3) is 6.10. The van der Waals surface area contributed by atoms with E-state index in [1.54, 1.807) is 0 Å². The Labute approximate surface area is 377 Å². The fourth-order valence-corrected chi connectivity index (χ4v) is 8.55. The van der Waals surface area contributed by atoms with Gasteiger partial charge in [0.05, 0.1) is 23.1 Å². The van der Waals surface area contributed by atoms with Crippen LogP contribution >= 0.6 is 0 Å². The second-order valence-electron chi connectivity index (χ2n) is 15.9. The molecule has 69 heavy (non-hydrogen) atoms. The second kappa shape index (κ2) is 15.0. The summed E-state index contributed by atoms with van der Waals surface area (Å²) in [6, 6.07) is 5.28. The number of ether oxygens (including phenoxy) is 2. The van der Waals surface area contributed by atoms with E-state index in [1.165, 1.54) is 0 Å². The molecule has 5 atom stereocenters. The van der Waals surface area contributed by atoms with Crippen molar-refractivity contribution in [3.63, 3.8) is 0 Å². The van der Waals surface area contributed by atoms with Crippen LogP contribution in [0.15, 0.2) is 70.1 Å². The molecule has 1 fully saturated rings. The fourth-order valence-electron chi connectivity index (χ4n) is 8.55. The van der Waals surface area contributed by atoms with Crippen LogP contribution in [-0.2, 0) is 4.74 Å². The minimum absolute atomic E-state index is 0.419. The van der Waals surface area contributed by atoms with Crippen molar-refractivity contribution in [2.45, 2.75) is 30.7 Å². The van der Waals surface area contributed by atoms with Crippen LogP contribution in [0.5, 0.6) is 74.7 Å². The summed E-state index contributed by atoms with van der Waals surface area (Å²) in [5, 5.41) is 170. The van der Waals surface area contributed by atoms with Crippen LogP contribution in [0, 0.1) is 0 Å². The molecule has 16 N–H and O–H groups in total. The molecule has 10 rings (SSSR count). The molecule has 5 unspecified atom stereocenters. The van der Waals surface area contributed by atoms with Crippen LogP contribution in [0.25, 0.3) is 88.1 Å². The topological polar surface area (TPSA) is 433 Å². The highest BCUT2D eigenvalue weighted by Crippen LogP contribution is 2.55. The van der Waals surface area contributed by atoms with Crippen LogP contribution in [0.2, 0.25) is 0 Å². The summed E-state index contributed by atoms with van der Waals surface area (Å²) < 4.78 is 28.0. The number of hydrogen-bond acceptors (Lipinski definition) is 24. The van der Waals surface area contributed by atoms with E-state index in [2.05, 4.69) is 0 Å². The molecular weight excluding hydrogens is 924 g/mol. The zero-order valence-electron chi connectivity index (χ0n) is 34.1. The van der Waals surface area contributed by atoms with Gasteiger partial charge in [-0.15, -0.1) is 0 Å². The number of aliphatic hydroxyl groups is 4. The summed E-state index contributed by atoms with van der Waals surface area (Å²) in [6.45, 7) is -0.964. The third-order valence-electron chi connectivity index (χ3n) is 11.8. The molecule has 0 spiro atoms. The molecule has 1 saturated heterocycles. The van der Waals surface area contributed by atoms with Crippen LogP contribution in [-0.4, -0.2) is 119 Å². The predicted molar refractivity (Wildman–Crippen MR) is 232 cm³/mol. The molecule has 0 amide bonds. The monoisotopic (exact) mass is 954 g/mol. The first-order chi connectivity index (χ1) is 32.6. The molecule has 9 aromatic rings. The molecular formula is C45H30O24. The van der Waals surface area contributed by atoms with Crippen LogP contribution in [0.4, 0.5) is 0 Å². The Bertz CT molecular complexity index is 3960. The summed E-state index contributed by atoms with van der Waals surface area (Å²) >= 11 is 0. The average Bonchev–Trinajstić information content (AvgIpc) is 3.28. The van der Waals surface area contributed by atoms with E-state index in [9.17, 15) is 96.1 Å². The first kappa shape index (κ1) is 43.8. The zero-order chi connectivity index (χ0) is 49.6. The van der Waals surface area contributed by atoms with Gasteiger partial charge in [-0.1, -0.05) is 0 Å². The fraction of sp³-hybridized carbons (Fsp3) is 0.133. The SMILES string of the molecule is O=c1c2cc(O)c(O)cc2oc2c(-c3cc(O)c4oc5cc(O)c(-c6cc(O)c7oc8cc(O)cc(O)c8c(=O)c7c6O)c(O)c5c(=O)c4c3O)c(O)c(OC3OC(CO)C(O)C(O)C3O)c(O)c12. The summed E-state index contributed by atoms with van der Waals surface area (Å²) in [5.41, 5.74) is -11.2. The maximum absolute atomic E-state index is 14.6. The van der Waals surface area contributed by atoms with Crippen molar-refractivity contribution in [2.24, 2.45) is 0 Å². The van der Waals surface area contributed by atoms with Crippen molar-refractivity contribution >= 4 is 65.8 Å². The molecule has 354 valence electrons. The Morgan fingerprint density at radius 2 is 0.986 bits per heavy atom. The highest BCUT2D eigenvalue weighted by Gasteiger charge is 2.46. The number of rotatable bonds is 5. The summed E-state index contributed by atoms with van der Waals surface area (Å²) in [6.07, 6.45) is -9.96. The molecule has 0 radical (unpaired) electrons. The van der Waals surface area contributed by atoms with Gasteiger partial charge in [-0.25, -0.2) is 0 Å². The van der Waals surface area contributed by atoms with E-state index >= 15 is 0 Å². The van der Waals surface area contributed by atoms with Gasteiger partial charge in [0.2, 0.25) is 28.3 Å². The molecule has 0 aliphatic carbocycles. The highest BCUT2D eigenvalue weighted by molar-refractivity contribution is 6.11. The number of fused-ring (bicyclic) bond motifs is 6. The normalized spacial score (nSPS) is 18.6. The zero-order valence-corrected chi connectivity index (χ0v) is 34.1. The smallest absolute Gasteiger partial charge is 0.229 e. The summed E-state index contributed by atoms with van der Waals surface area (Å²) in [5.74, 6) is -13.3. The highest BCUT2D eigenvalue weighted by atomic mass is 16.7. The molecule has 6 aromatic carbocycles. The van der Waals surface area contributed by atoms with E-state index in [0.29, 0.717) is 18.2 Å². The van der Waals surface area contributed by atoms with Gasteiger partial charge >= 0.3 is 0 Å². The lowest BCUT2D eigenvalue weighted by atomic mass is 9.94. The maximum Gasteiger partial charge on any atom is 0.229 e. The minimum Gasteiger partial charge on any atom is -0.508 e. The lowest BCUT2D eigenvalue weighted by molar-refractivity contribution is -0.277. The standard InChI is InChI=1S/C45H30O24/c46-8-22-33(57)39(63)40(64)45(68-22)69-44-37(61)24(43-29(38(44)62)30(54)10-3-13(48)14(49)6-19(10)65-43)12-5-18(53)42-28(32(12)56)36(60)26-21(67-42)7-16(51)23(34(26)58)11-4-17(52)41-27(31(11)55)35(59)25-15(50)1-9(47)2-20(25)66-41/h1-7,22,33,39-40,45-53,55-58,61-64H,8H2.